The monoisotopic (exact) mass is 750 g/mol. The summed E-state index contributed by atoms with van der Waals surface area (Å²) in [6.45, 7) is 5.99. The number of nitrogens with zero attached hydrogens (tertiary/aromatic N) is 1. The Labute approximate surface area is 316 Å². The molecule has 3 aromatic heterocycles. The van der Waals surface area contributed by atoms with Crippen molar-refractivity contribution in [1.29, 1.82) is 0 Å². The summed E-state index contributed by atoms with van der Waals surface area (Å²) in [5, 5.41) is 30.7. The summed E-state index contributed by atoms with van der Waals surface area (Å²) in [7, 11) is 0. The molecule has 1 spiro atoms. The van der Waals surface area contributed by atoms with Crippen LogP contribution in [0.25, 0.3) is 21.9 Å². The van der Waals surface area contributed by atoms with Gasteiger partial charge in [-0.25, -0.2) is 4.79 Å². The third-order valence-electron chi connectivity index (χ3n) is 11.6. The van der Waals surface area contributed by atoms with Crippen LogP contribution in [-0.4, -0.2) is 67.3 Å². The van der Waals surface area contributed by atoms with Crippen molar-refractivity contribution in [2.75, 3.05) is 0 Å². The standard InChI is InChI=1S/C41H46N6O8/c1-20-10-29(49)36-30(52-20)15-31-35(37(36)50)26-6-5-25(48)16-41(39(51)53-38(26)40(2,3)54-31)32(55-41)7-4-21-11-27(46-33(42)12-21)23-13-24(45-34(43)14-23)18-47-17-22-8-9-44-28(22)19-47/h8-15,17,19,24-27,32,38,44-46,48,50H,4-7,16,18,42-43H2,1-3H3. The van der Waals surface area contributed by atoms with Crippen LogP contribution in [0.1, 0.15) is 63.2 Å². The molecule has 8 heterocycles. The number of hydrogen-bond acceptors (Lipinski definition) is 12. The quantitative estimate of drug-likeness (QED) is 0.111. The molecule has 0 amide bonds. The second-order valence-corrected chi connectivity index (χ2v) is 16.1. The van der Waals surface area contributed by atoms with Gasteiger partial charge in [0.05, 0.1) is 41.5 Å². The van der Waals surface area contributed by atoms with Gasteiger partial charge in [-0.15, -0.1) is 0 Å². The average Bonchev–Trinajstić information content (AvgIpc) is 3.37. The van der Waals surface area contributed by atoms with Gasteiger partial charge in [0.2, 0.25) is 0 Å². The molecule has 5 aliphatic heterocycles. The van der Waals surface area contributed by atoms with Crippen molar-refractivity contribution in [2.24, 2.45) is 11.5 Å². The van der Waals surface area contributed by atoms with Crippen LogP contribution in [0, 0.1) is 6.92 Å². The molecular formula is C41H46N6O8. The number of allylic oxidation sites excluding steroid dienone is 2. The van der Waals surface area contributed by atoms with E-state index in [9.17, 15) is 19.8 Å². The predicted molar refractivity (Wildman–Crippen MR) is 204 cm³/mol. The summed E-state index contributed by atoms with van der Waals surface area (Å²) < 4.78 is 26.8. The van der Waals surface area contributed by atoms with Gasteiger partial charge >= 0.3 is 5.97 Å². The minimum atomic E-state index is -1.33. The Balaban J connectivity index is 0.923. The first-order chi connectivity index (χ1) is 26.3. The van der Waals surface area contributed by atoms with Crippen molar-refractivity contribution < 1.29 is 33.6 Å². The molecule has 2 saturated heterocycles. The highest BCUT2D eigenvalue weighted by molar-refractivity contribution is 5.88. The van der Waals surface area contributed by atoms with Gasteiger partial charge in [-0.2, -0.15) is 0 Å². The number of phenols is 1. The van der Waals surface area contributed by atoms with Crippen LogP contribution < -0.4 is 32.3 Å². The van der Waals surface area contributed by atoms with Crippen molar-refractivity contribution in [3.05, 3.63) is 105 Å². The number of carbonyl (C=O) groups is 1. The highest BCUT2D eigenvalue weighted by atomic mass is 16.7. The van der Waals surface area contributed by atoms with E-state index in [4.69, 9.17) is 30.1 Å². The van der Waals surface area contributed by atoms with Gasteiger partial charge in [0.1, 0.15) is 39.9 Å². The number of carbonyl (C=O) groups excluding carboxylic acids is 1. The minimum absolute atomic E-state index is 0.0374. The second-order valence-electron chi connectivity index (χ2n) is 16.1. The zero-order valence-electron chi connectivity index (χ0n) is 30.9. The van der Waals surface area contributed by atoms with E-state index in [1.54, 1.807) is 13.0 Å². The topological polar surface area (TPSA) is 216 Å². The molecule has 9 rings (SSSR count). The maximum Gasteiger partial charge on any atom is 0.341 e. The Kier molecular flexibility index (Phi) is 8.13. The second kappa shape index (κ2) is 12.7. The fourth-order valence-electron chi connectivity index (χ4n) is 9.09. The molecule has 0 aliphatic carbocycles. The summed E-state index contributed by atoms with van der Waals surface area (Å²) in [4.78, 5) is 30.4. The van der Waals surface area contributed by atoms with Crippen molar-refractivity contribution in [1.82, 2.24) is 20.2 Å². The van der Waals surface area contributed by atoms with E-state index in [2.05, 4.69) is 44.7 Å². The van der Waals surface area contributed by atoms with Crippen LogP contribution in [0.15, 0.2) is 93.1 Å². The maximum atomic E-state index is 14.2. The van der Waals surface area contributed by atoms with E-state index in [-0.39, 0.29) is 40.7 Å². The van der Waals surface area contributed by atoms with E-state index in [1.165, 1.54) is 6.07 Å². The fourth-order valence-corrected chi connectivity index (χ4v) is 9.09. The van der Waals surface area contributed by atoms with Gasteiger partial charge in [0.25, 0.3) is 0 Å². The van der Waals surface area contributed by atoms with Crippen LogP contribution >= 0.6 is 0 Å². The molecule has 55 heavy (non-hydrogen) atoms. The molecule has 0 saturated carbocycles. The summed E-state index contributed by atoms with van der Waals surface area (Å²) in [5.41, 5.74) is 13.6. The third kappa shape index (κ3) is 6.22. The third-order valence-corrected chi connectivity index (χ3v) is 11.6. The molecule has 0 radical (unpaired) electrons. The number of nitrogens with one attached hydrogen (secondary N) is 3. The first kappa shape index (κ1) is 35.1. The number of fused-ring (bicyclic) bond motifs is 5. The van der Waals surface area contributed by atoms with Crippen molar-refractivity contribution in [3.8, 4) is 11.5 Å². The first-order valence-corrected chi connectivity index (χ1v) is 18.9. The molecule has 0 bridgehead atoms. The number of rotatable bonds is 6. The van der Waals surface area contributed by atoms with Crippen LogP contribution in [0.5, 0.6) is 11.5 Å². The number of aliphatic hydroxyl groups excluding tert-OH is 1. The Hall–Kier alpha value is -5.60. The van der Waals surface area contributed by atoms with Crippen LogP contribution in [0.4, 0.5) is 0 Å². The van der Waals surface area contributed by atoms with Gasteiger partial charge in [-0.3, -0.25) is 4.79 Å². The lowest BCUT2D eigenvalue weighted by Crippen LogP contribution is -2.52. The number of esters is 1. The molecular weight excluding hydrogens is 704 g/mol. The Morgan fingerprint density at radius 3 is 2.69 bits per heavy atom. The van der Waals surface area contributed by atoms with Gasteiger partial charge in [-0.1, -0.05) is 12.2 Å². The number of epoxide rings is 1. The van der Waals surface area contributed by atoms with Crippen molar-refractivity contribution in [2.45, 2.75) is 107 Å². The molecule has 288 valence electrons. The number of aliphatic hydroxyl groups is 1. The molecule has 2 fully saturated rings. The van der Waals surface area contributed by atoms with E-state index >= 15 is 0 Å². The molecule has 14 heteroatoms. The number of nitrogens with two attached hydrogens (primary N) is 2. The smallest absolute Gasteiger partial charge is 0.341 e. The van der Waals surface area contributed by atoms with Crippen molar-refractivity contribution >= 4 is 27.8 Å². The molecule has 7 unspecified atom stereocenters. The van der Waals surface area contributed by atoms with E-state index in [0.29, 0.717) is 60.9 Å². The molecule has 5 aliphatic rings. The summed E-state index contributed by atoms with van der Waals surface area (Å²) >= 11 is 0. The SMILES string of the molecule is Cc1cc(=O)c2c(O)c3c(cc2o1)OC(C)(C)C1OC(=O)C2(CC(O)CCC31)OC2CCC1=CC(C2=CC(Cn3cc4cc[nH]c4c3)NC(N)=C2)NC(N)=C1. The summed E-state index contributed by atoms with van der Waals surface area (Å²) in [5.74, 6) is 0.426. The van der Waals surface area contributed by atoms with E-state index < -0.39 is 41.4 Å². The van der Waals surface area contributed by atoms with E-state index in [1.807, 2.05) is 38.3 Å². The number of aromatic nitrogens is 2. The Bertz CT molecular complexity index is 2390. The first-order valence-electron chi connectivity index (χ1n) is 18.9. The zero-order valence-corrected chi connectivity index (χ0v) is 30.9. The maximum absolute atomic E-state index is 14.2. The van der Waals surface area contributed by atoms with E-state index in [0.717, 1.165) is 22.0 Å². The fraction of sp³-hybridized carbons (Fsp3) is 0.415. The number of aromatic amines is 1. The predicted octanol–water partition coefficient (Wildman–Crippen LogP) is 3.82. The van der Waals surface area contributed by atoms with Gasteiger partial charge in [-0.05, 0) is 75.8 Å². The lowest BCUT2D eigenvalue weighted by Gasteiger charge is -2.44. The molecule has 14 nitrogen and oxygen atoms in total. The minimum Gasteiger partial charge on any atom is -0.507 e. The van der Waals surface area contributed by atoms with Gasteiger partial charge < -0.3 is 60.5 Å². The number of phenolic OH excluding ortho intramolecular Hbond substituents is 1. The Morgan fingerprint density at radius 1 is 1.05 bits per heavy atom. The largest absolute Gasteiger partial charge is 0.507 e. The number of aryl methyl sites for hydroxylation is 1. The number of dihydropyridines is 2. The molecule has 1 aromatic carbocycles. The number of hydrogen-bond donors (Lipinski definition) is 7. The van der Waals surface area contributed by atoms with Crippen molar-refractivity contribution in [3.63, 3.8) is 0 Å². The molecule has 7 atom stereocenters. The number of ether oxygens (including phenoxy) is 3. The average molecular weight is 751 g/mol. The highest BCUT2D eigenvalue weighted by Crippen LogP contribution is 2.54. The van der Waals surface area contributed by atoms with Crippen LogP contribution in [0.3, 0.4) is 0 Å². The Morgan fingerprint density at radius 2 is 1.87 bits per heavy atom. The van der Waals surface area contributed by atoms with Crippen LogP contribution in [0.2, 0.25) is 0 Å². The summed E-state index contributed by atoms with van der Waals surface area (Å²) in [6.07, 6.45) is 13.8. The number of H-pyrrole nitrogens is 1. The molecule has 9 N–H and O–H groups in total. The normalized spacial score (nSPS) is 29.9. The van der Waals surface area contributed by atoms with Gasteiger partial charge in [0.15, 0.2) is 11.0 Å². The number of aromatic hydroxyl groups is 1. The lowest BCUT2D eigenvalue weighted by atomic mass is 9.77. The van der Waals surface area contributed by atoms with Gasteiger partial charge in [0, 0.05) is 60.6 Å². The zero-order chi connectivity index (χ0) is 38.4. The number of benzene rings is 1. The lowest BCUT2D eigenvalue weighted by molar-refractivity contribution is -0.171. The molecule has 4 aromatic rings. The summed E-state index contributed by atoms with van der Waals surface area (Å²) in [6, 6.07) is 4.72. The van der Waals surface area contributed by atoms with Crippen LogP contribution in [-0.2, 0) is 20.8 Å². The highest BCUT2D eigenvalue weighted by Gasteiger charge is 2.65.